The normalized spacial score (nSPS) is 10.6. The van der Waals surface area contributed by atoms with Crippen LogP contribution in [0.25, 0.3) is 11.0 Å². The number of amides is 1. The summed E-state index contributed by atoms with van der Waals surface area (Å²) in [6, 6.07) is 12.7. The molecule has 0 atom stereocenters. The van der Waals surface area contributed by atoms with E-state index in [0.717, 1.165) is 0 Å². The minimum Gasteiger partial charge on any atom is -0.423 e. The van der Waals surface area contributed by atoms with E-state index >= 15 is 0 Å². The van der Waals surface area contributed by atoms with Crippen molar-refractivity contribution in [3.05, 3.63) is 74.6 Å². The van der Waals surface area contributed by atoms with Crippen molar-refractivity contribution in [2.75, 3.05) is 5.32 Å². The minimum absolute atomic E-state index is 0.234. The second-order valence-corrected chi connectivity index (χ2v) is 5.40. The Morgan fingerprint density at radius 2 is 1.82 bits per heavy atom. The van der Waals surface area contributed by atoms with Crippen LogP contribution in [0.15, 0.2) is 57.7 Å². The zero-order chi connectivity index (χ0) is 15.7. The number of hydrogen-bond acceptors (Lipinski definition) is 3. The molecule has 0 saturated heterocycles. The lowest BCUT2D eigenvalue weighted by Gasteiger charge is -2.09. The summed E-state index contributed by atoms with van der Waals surface area (Å²) in [5.74, 6) is -0.433. The van der Waals surface area contributed by atoms with E-state index in [1.165, 1.54) is 18.2 Å². The molecule has 1 amide bonds. The van der Waals surface area contributed by atoms with Crippen molar-refractivity contribution < 1.29 is 9.21 Å². The Labute approximate surface area is 135 Å². The molecule has 110 valence electrons. The van der Waals surface area contributed by atoms with Crippen molar-refractivity contribution in [3.63, 3.8) is 0 Å². The van der Waals surface area contributed by atoms with E-state index < -0.39 is 11.5 Å². The molecular formula is C16H9Cl2NO3. The third-order valence-corrected chi connectivity index (χ3v) is 3.62. The smallest absolute Gasteiger partial charge is 0.338 e. The maximum atomic E-state index is 12.3. The fourth-order valence-electron chi connectivity index (χ4n) is 2.08. The van der Waals surface area contributed by atoms with E-state index in [4.69, 9.17) is 27.6 Å². The molecule has 1 aromatic heterocycles. The van der Waals surface area contributed by atoms with Crippen LogP contribution in [-0.4, -0.2) is 5.91 Å². The Morgan fingerprint density at radius 3 is 2.59 bits per heavy atom. The second-order valence-electron chi connectivity index (χ2n) is 4.55. The highest BCUT2D eigenvalue weighted by atomic mass is 35.5. The Bertz CT molecular complexity index is 934. The average molecular weight is 334 g/mol. The van der Waals surface area contributed by atoms with Gasteiger partial charge in [0, 0.05) is 16.5 Å². The van der Waals surface area contributed by atoms with Crippen molar-refractivity contribution in [3.8, 4) is 0 Å². The molecule has 0 spiro atoms. The summed E-state index contributed by atoms with van der Waals surface area (Å²) in [5, 5.41) is 3.97. The van der Waals surface area contributed by atoms with Gasteiger partial charge in [0.15, 0.2) is 0 Å². The van der Waals surface area contributed by atoms with E-state index in [1.54, 1.807) is 30.3 Å². The van der Waals surface area contributed by atoms with E-state index in [0.29, 0.717) is 21.7 Å². The molecule has 0 bridgehead atoms. The average Bonchev–Trinajstić information content (AvgIpc) is 2.46. The Kier molecular flexibility index (Phi) is 3.88. The lowest BCUT2D eigenvalue weighted by atomic mass is 10.1. The highest BCUT2D eigenvalue weighted by molar-refractivity contribution is 6.37. The third kappa shape index (κ3) is 2.84. The van der Waals surface area contributed by atoms with E-state index in [9.17, 15) is 9.59 Å². The fraction of sp³-hybridized carbons (Fsp3) is 0. The molecule has 0 aliphatic heterocycles. The van der Waals surface area contributed by atoms with Gasteiger partial charge in [-0.25, -0.2) is 4.79 Å². The number of carbonyl (C=O) groups excluding carboxylic acids is 1. The topological polar surface area (TPSA) is 59.3 Å². The first-order valence-electron chi connectivity index (χ1n) is 6.34. The first kappa shape index (κ1) is 14.6. The van der Waals surface area contributed by atoms with Gasteiger partial charge < -0.3 is 9.73 Å². The number of hydrogen-bond donors (Lipinski definition) is 1. The molecule has 0 aliphatic carbocycles. The number of rotatable bonds is 2. The van der Waals surface area contributed by atoms with Gasteiger partial charge in [0.25, 0.3) is 5.91 Å². The van der Waals surface area contributed by atoms with E-state index in [-0.39, 0.29) is 10.6 Å². The number of nitrogens with one attached hydrogen (secondary N) is 1. The Hall–Kier alpha value is -2.30. The molecule has 1 heterocycles. The second kappa shape index (κ2) is 5.83. The van der Waals surface area contributed by atoms with Gasteiger partial charge in [0.2, 0.25) is 0 Å². The highest BCUT2D eigenvalue weighted by Gasteiger charge is 2.13. The molecule has 2 aromatic carbocycles. The maximum Gasteiger partial charge on any atom is 0.338 e. The molecule has 1 N–H and O–H groups in total. The fourth-order valence-corrected chi connectivity index (χ4v) is 2.57. The van der Waals surface area contributed by atoms with Crippen LogP contribution in [0.4, 0.5) is 5.69 Å². The highest BCUT2D eigenvalue weighted by Crippen LogP contribution is 2.24. The first-order valence-corrected chi connectivity index (χ1v) is 7.09. The van der Waals surface area contributed by atoms with Gasteiger partial charge in [-0.15, -0.1) is 0 Å². The van der Waals surface area contributed by atoms with Gasteiger partial charge >= 0.3 is 5.63 Å². The molecular weight excluding hydrogens is 325 g/mol. The number of anilines is 1. The van der Waals surface area contributed by atoms with Gasteiger partial charge in [0.05, 0.1) is 16.3 Å². The number of halogens is 2. The van der Waals surface area contributed by atoms with Gasteiger partial charge in [-0.1, -0.05) is 35.3 Å². The van der Waals surface area contributed by atoms with Crippen molar-refractivity contribution >= 4 is 45.8 Å². The lowest BCUT2D eigenvalue weighted by Crippen LogP contribution is -2.14. The molecule has 0 aliphatic rings. The maximum absolute atomic E-state index is 12.3. The molecule has 3 rings (SSSR count). The molecule has 3 aromatic rings. The summed E-state index contributed by atoms with van der Waals surface area (Å²) in [7, 11) is 0. The number of para-hydroxylation sites is 1. The quantitative estimate of drug-likeness (QED) is 0.709. The largest absolute Gasteiger partial charge is 0.423 e. The lowest BCUT2D eigenvalue weighted by molar-refractivity contribution is 0.102. The van der Waals surface area contributed by atoms with Crippen LogP contribution >= 0.6 is 23.2 Å². The standard InChI is InChI=1S/C16H9Cl2NO3/c17-9-5-6-10(12(18)7-9)16(21)19-13-8-15(20)22-14-4-2-1-3-11(13)14/h1-8H,(H,19,21). The van der Waals surface area contributed by atoms with Gasteiger partial charge in [-0.3, -0.25) is 4.79 Å². The number of carbonyl (C=O) groups is 1. The molecule has 0 fully saturated rings. The van der Waals surface area contributed by atoms with E-state index in [1.807, 2.05) is 0 Å². The monoisotopic (exact) mass is 333 g/mol. The summed E-state index contributed by atoms with van der Waals surface area (Å²) < 4.78 is 5.08. The zero-order valence-electron chi connectivity index (χ0n) is 11.1. The van der Waals surface area contributed by atoms with Crippen LogP contribution in [0.3, 0.4) is 0 Å². The van der Waals surface area contributed by atoms with Crippen LogP contribution in [0.1, 0.15) is 10.4 Å². The third-order valence-electron chi connectivity index (χ3n) is 3.07. The Balaban J connectivity index is 2.03. The molecule has 0 radical (unpaired) electrons. The van der Waals surface area contributed by atoms with Crippen molar-refractivity contribution in [2.24, 2.45) is 0 Å². The van der Waals surface area contributed by atoms with Crippen molar-refractivity contribution in [1.29, 1.82) is 0 Å². The molecule has 4 nitrogen and oxygen atoms in total. The number of benzene rings is 2. The van der Waals surface area contributed by atoms with Crippen molar-refractivity contribution in [2.45, 2.75) is 0 Å². The SMILES string of the molecule is O=C(Nc1cc(=O)oc2ccccc12)c1ccc(Cl)cc1Cl. The molecule has 0 saturated carbocycles. The van der Waals surface area contributed by atoms with Crippen molar-refractivity contribution in [1.82, 2.24) is 0 Å². The van der Waals surface area contributed by atoms with Gasteiger partial charge in [0.1, 0.15) is 5.58 Å². The van der Waals surface area contributed by atoms with Crippen LogP contribution in [-0.2, 0) is 0 Å². The summed E-state index contributed by atoms with van der Waals surface area (Å²) in [4.78, 5) is 23.9. The summed E-state index contributed by atoms with van der Waals surface area (Å²) in [5.41, 5.74) is 0.481. The first-order chi connectivity index (χ1) is 10.5. The van der Waals surface area contributed by atoms with Crippen LogP contribution in [0.5, 0.6) is 0 Å². The van der Waals surface area contributed by atoms with Crippen LogP contribution < -0.4 is 10.9 Å². The minimum atomic E-state index is -0.545. The summed E-state index contributed by atoms with van der Waals surface area (Å²) in [6.07, 6.45) is 0. The zero-order valence-corrected chi connectivity index (χ0v) is 12.6. The predicted octanol–water partition coefficient (Wildman–Crippen LogP) is 4.35. The van der Waals surface area contributed by atoms with Gasteiger partial charge in [-0.2, -0.15) is 0 Å². The van der Waals surface area contributed by atoms with Crippen LogP contribution in [0, 0.1) is 0 Å². The summed E-state index contributed by atoms with van der Waals surface area (Å²) >= 11 is 11.8. The predicted molar refractivity (Wildman–Crippen MR) is 86.9 cm³/mol. The molecule has 22 heavy (non-hydrogen) atoms. The van der Waals surface area contributed by atoms with Crippen LogP contribution in [0.2, 0.25) is 10.0 Å². The number of fused-ring (bicyclic) bond motifs is 1. The molecule has 6 heteroatoms. The Morgan fingerprint density at radius 1 is 1.05 bits per heavy atom. The summed E-state index contributed by atoms with van der Waals surface area (Å²) in [6.45, 7) is 0. The van der Waals surface area contributed by atoms with E-state index in [2.05, 4.69) is 5.32 Å². The van der Waals surface area contributed by atoms with Gasteiger partial charge in [-0.05, 0) is 30.3 Å². The molecule has 0 unspecified atom stereocenters.